The van der Waals surface area contributed by atoms with E-state index in [0.29, 0.717) is 18.0 Å². The van der Waals surface area contributed by atoms with Gasteiger partial charge in [0.15, 0.2) is 0 Å². The van der Waals surface area contributed by atoms with Gasteiger partial charge in [0, 0.05) is 19.6 Å². The minimum atomic E-state index is -3.60. The molecule has 146 valence electrons. The molecule has 4 nitrogen and oxygen atoms in total. The number of benzene rings is 2. The lowest BCUT2D eigenvalue weighted by atomic mass is 9.95. The molecule has 1 fully saturated rings. The summed E-state index contributed by atoms with van der Waals surface area (Å²) in [6.07, 6.45) is 0. The van der Waals surface area contributed by atoms with E-state index in [0.717, 1.165) is 34.4 Å². The molecule has 2 aromatic carbocycles. The van der Waals surface area contributed by atoms with Crippen molar-refractivity contribution in [2.24, 2.45) is 0 Å². The molecule has 0 aliphatic carbocycles. The van der Waals surface area contributed by atoms with E-state index in [9.17, 15) is 8.42 Å². The van der Waals surface area contributed by atoms with E-state index in [1.54, 1.807) is 4.31 Å². The summed E-state index contributed by atoms with van der Waals surface area (Å²) in [5.74, 6) is 0. The molecule has 0 spiro atoms. The van der Waals surface area contributed by atoms with Crippen LogP contribution in [0.25, 0.3) is 0 Å². The largest absolute Gasteiger partial charge is 0.303 e. The predicted octanol–water partition coefficient (Wildman–Crippen LogP) is 3.91. The zero-order valence-corrected chi connectivity index (χ0v) is 18.0. The highest BCUT2D eigenvalue weighted by Crippen LogP contribution is 2.36. The average molecular weight is 387 g/mol. The van der Waals surface area contributed by atoms with E-state index >= 15 is 0 Å². The van der Waals surface area contributed by atoms with Gasteiger partial charge in [-0.3, -0.25) is 0 Å². The van der Waals surface area contributed by atoms with Gasteiger partial charge in [0.25, 0.3) is 0 Å². The second-order valence-electron chi connectivity index (χ2n) is 7.76. The minimum absolute atomic E-state index is 0.171. The first kappa shape index (κ1) is 20.1. The summed E-state index contributed by atoms with van der Waals surface area (Å²) in [5.41, 5.74) is 6.12. The van der Waals surface area contributed by atoms with Crippen molar-refractivity contribution < 1.29 is 8.42 Å². The molecule has 27 heavy (non-hydrogen) atoms. The van der Waals surface area contributed by atoms with Gasteiger partial charge in [0.2, 0.25) is 10.0 Å². The van der Waals surface area contributed by atoms with Gasteiger partial charge in [-0.15, -0.1) is 0 Å². The van der Waals surface area contributed by atoms with Crippen molar-refractivity contribution in [3.63, 3.8) is 0 Å². The molecule has 0 aromatic heterocycles. The van der Waals surface area contributed by atoms with Gasteiger partial charge in [0.1, 0.15) is 0 Å². The zero-order chi connectivity index (χ0) is 19.9. The van der Waals surface area contributed by atoms with Crippen molar-refractivity contribution >= 4 is 10.0 Å². The molecule has 0 amide bonds. The standard InChI is InChI=1S/C22H30N2O2S/c1-15-16(2)18(4)22(19(5)17(15)3)27(25,26)24-13-12-23(6)14-21(24)20-10-8-7-9-11-20/h7-11,21H,12-14H2,1-6H3/t21-/m1/s1. The molecule has 1 aliphatic heterocycles. The van der Waals surface area contributed by atoms with Gasteiger partial charge in [-0.25, -0.2) is 8.42 Å². The highest BCUT2D eigenvalue weighted by Gasteiger charge is 2.38. The summed E-state index contributed by atoms with van der Waals surface area (Å²) in [7, 11) is -1.55. The highest BCUT2D eigenvalue weighted by molar-refractivity contribution is 7.89. The summed E-state index contributed by atoms with van der Waals surface area (Å²) in [5, 5.41) is 0. The molecule has 1 saturated heterocycles. The maximum Gasteiger partial charge on any atom is 0.244 e. The molecule has 0 N–H and O–H groups in total. The normalized spacial score (nSPS) is 19.4. The highest BCUT2D eigenvalue weighted by atomic mass is 32.2. The van der Waals surface area contributed by atoms with Crippen molar-refractivity contribution in [3.05, 3.63) is 63.7 Å². The maximum absolute atomic E-state index is 13.8. The molecule has 0 radical (unpaired) electrons. The Morgan fingerprint density at radius 2 is 1.33 bits per heavy atom. The molecule has 1 atom stereocenters. The number of rotatable bonds is 3. The third kappa shape index (κ3) is 3.44. The number of nitrogens with zero attached hydrogens (tertiary/aromatic N) is 2. The van der Waals surface area contributed by atoms with Crippen LogP contribution < -0.4 is 0 Å². The third-order valence-electron chi connectivity index (χ3n) is 6.22. The van der Waals surface area contributed by atoms with Crippen LogP contribution in [-0.4, -0.2) is 44.3 Å². The second-order valence-corrected chi connectivity index (χ2v) is 9.59. The van der Waals surface area contributed by atoms with Gasteiger partial charge in [-0.05, 0) is 75.0 Å². The summed E-state index contributed by atoms with van der Waals surface area (Å²) < 4.78 is 29.4. The quantitative estimate of drug-likeness (QED) is 0.803. The van der Waals surface area contributed by atoms with E-state index in [2.05, 4.69) is 18.9 Å². The lowest BCUT2D eigenvalue weighted by Gasteiger charge is -2.40. The first-order valence-corrected chi connectivity index (χ1v) is 10.9. The SMILES string of the molecule is Cc1c(C)c(C)c(S(=O)(=O)N2CCN(C)C[C@@H]2c2ccccc2)c(C)c1C. The van der Waals surface area contributed by atoms with Crippen LogP contribution in [-0.2, 0) is 10.0 Å². The van der Waals surface area contributed by atoms with Crippen LogP contribution in [0, 0.1) is 34.6 Å². The number of hydrogen-bond donors (Lipinski definition) is 0. The third-order valence-corrected chi connectivity index (χ3v) is 8.40. The molecule has 1 heterocycles. The Bertz CT molecular complexity index is 923. The minimum Gasteiger partial charge on any atom is -0.303 e. The Morgan fingerprint density at radius 1 is 0.815 bits per heavy atom. The fraction of sp³-hybridized carbons (Fsp3) is 0.455. The Morgan fingerprint density at radius 3 is 1.89 bits per heavy atom. The summed E-state index contributed by atoms with van der Waals surface area (Å²) in [4.78, 5) is 2.70. The van der Waals surface area contributed by atoms with Crippen LogP contribution in [0.15, 0.2) is 35.2 Å². The van der Waals surface area contributed by atoms with Crippen LogP contribution in [0.1, 0.15) is 39.4 Å². The molecule has 0 unspecified atom stereocenters. The first-order valence-electron chi connectivity index (χ1n) is 9.48. The smallest absolute Gasteiger partial charge is 0.244 e. The van der Waals surface area contributed by atoms with Crippen molar-refractivity contribution in [1.82, 2.24) is 9.21 Å². The molecule has 0 bridgehead atoms. The van der Waals surface area contributed by atoms with Crippen LogP contribution in [0.5, 0.6) is 0 Å². The number of sulfonamides is 1. The zero-order valence-electron chi connectivity index (χ0n) is 17.2. The molecule has 3 rings (SSSR count). The van der Waals surface area contributed by atoms with E-state index in [-0.39, 0.29) is 6.04 Å². The van der Waals surface area contributed by atoms with Crippen molar-refractivity contribution in [2.45, 2.75) is 45.6 Å². The average Bonchev–Trinajstić information content (AvgIpc) is 2.65. The van der Waals surface area contributed by atoms with Crippen LogP contribution in [0.2, 0.25) is 0 Å². The Hall–Kier alpha value is -1.69. The number of piperazine rings is 1. The summed E-state index contributed by atoms with van der Waals surface area (Å²) >= 11 is 0. The fourth-order valence-corrected chi connectivity index (χ4v) is 6.27. The molecule has 1 aliphatic rings. The lowest BCUT2D eigenvalue weighted by Crippen LogP contribution is -2.49. The van der Waals surface area contributed by atoms with Crippen molar-refractivity contribution in [1.29, 1.82) is 0 Å². The van der Waals surface area contributed by atoms with Crippen LogP contribution in [0.4, 0.5) is 0 Å². The molecule has 5 heteroatoms. The van der Waals surface area contributed by atoms with Crippen LogP contribution in [0.3, 0.4) is 0 Å². The maximum atomic E-state index is 13.8. The van der Waals surface area contributed by atoms with E-state index in [4.69, 9.17) is 0 Å². The van der Waals surface area contributed by atoms with E-state index in [1.807, 2.05) is 58.0 Å². The van der Waals surface area contributed by atoms with Crippen molar-refractivity contribution in [2.75, 3.05) is 26.7 Å². The van der Waals surface area contributed by atoms with Gasteiger partial charge < -0.3 is 4.90 Å². The van der Waals surface area contributed by atoms with Gasteiger partial charge >= 0.3 is 0 Å². The Labute approximate surface area is 163 Å². The second kappa shape index (κ2) is 7.38. The molecular weight excluding hydrogens is 356 g/mol. The topological polar surface area (TPSA) is 40.6 Å². The summed E-state index contributed by atoms with van der Waals surface area (Å²) in [6, 6.07) is 9.80. The summed E-state index contributed by atoms with van der Waals surface area (Å²) in [6.45, 7) is 11.9. The van der Waals surface area contributed by atoms with Gasteiger partial charge in [0.05, 0.1) is 10.9 Å². The monoisotopic (exact) mass is 386 g/mol. The van der Waals surface area contributed by atoms with Crippen molar-refractivity contribution in [3.8, 4) is 0 Å². The molecule has 2 aromatic rings. The van der Waals surface area contributed by atoms with Gasteiger partial charge in [-0.1, -0.05) is 30.3 Å². The van der Waals surface area contributed by atoms with E-state index < -0.39 is 10.0 Å². The lowest BCUT2D eigenvalue weighted by molar-refractivity contribution is 0.160. The van der Waals surface area contributed by atoms with Gasteiger partial charge in [-0.2, -0.15) is 4.31 Å². The number of hydrogen-bond acceptors (Lipinski definition) is 3. The predicted molar refractivity (Wildman–Crippen MR) is 111 cm³/mol. The number of likely N-dealkylation sites (N-methyl/N-ethyl adjacent to an activating group) is 1. The molecule has 0 saturated carbocycles. The Kier molecular flexibility index (Phi) is 5.48. The van der Waals surface area contributed by atoms with E-state index in [1.165, 1.54) is 5.56 Å². The Balaban J connectivity index is 2.16. The molecular formula is C22H30N2O2S. The fourth-order valence-electron chi connectivity index (χ4n) is 4.11. The first-order chi connectivity index (χ1) is 12.7. The van der Waals surface area contributed by atoms with Crippen LogP contribution >= 0.6 is 0 Å².